The average molecular weight is 346 g/mol. The molecule has 0 aliphatic rings. The summed E-state index contributed by atoms with van der Waals surface area (Å²) < 4.78 is 16.2. The first-order chi connectivity index (χ1) is 12.6. The molecule has 1 aromatic carbocycles. The number of fused-ring (bicyclic) bond motifs is 1. The summed E-state index contributed by atoms with van der Waals surface area (Å²) in [4.78, 5) is 21.4. The fraction of sp³-hybridized carbons (Fsp3) is 0.0500. The Bertz CT molecular complexity index is 1170. The van der Waals surface area contributed by atoms with Crippen LogP contribution in [-0.4, -0.2) is 19.2 Å². The van der Waals surface area contributed by atoms with Crippen molar-refractivity contribution < 1.29 is 4.39 Å². The molecule has 0 bridgehead atoms. The SMILES string of the molecule is Cc1cccc(C=Cc2cc(=O)n3c(ccn3-c3ccc(F)cc3)n2)n1. The van der Waals surface area contributed by atoms with Crippen molar-refractivity contribution in [2.75, 3.05) is 0 Å². The van der Waals surface area contributed by atoms with Crippen molar-refractivity contribution in [2.45, 2.75) is 6.92 Å². The maximum absolute atomic E-state index is 13.1. The summed E-state index contributed by atoms with van der Waals surface area (Å²) in [5, 5.41) is 0. The van der Waals surface area contributed by atoms with E-state index in [1.807, 2.05) is 31.2 Å². The van der Waals surface area contributed by atoms with Gasteiger partial charge in [0, 0.05) is 24.0 Å². The monoisotopic (exact) mass is 346 g/mol. The van der Waals surface area contributed by atoms with Crippen LogP contribution in [0, 0.1) is 12.7 Å². The number of pyridine rings is 1. The van der Waals surface area contributed by atoms with E-state index >= 15 is 0 Å². The molecule has 3 aromatic heterocycles. The summed E-state index contributed by atoms with van der Waals surface area (Å²) in [5.41, 5.74) is 3.25. The Labute approximate surface area is 148 Å². The zero-order valence-electron chi connectivity index (χ0n) is 14.0. The molecule has 0 spiro atoms. The van der Waals surface area contributed by atoms with Crippen LogP contribution in [0.15, 0.2) is 65.6 Å². The van der Waals surface area contributed by atoms with Crippen molar-refractivity contribution >= 4 is 17.8 Å². The third-order valence-corrected chi connectivity index (χ3v) is 3.95. The third kappa shape index (κ3) is 3.04. The van der Waals surface area contributed by atoms with E-state index in [0.717, 1.165) is 11.4 Å². The van der Waals surface area contributed by atoms with Gasteiger partial charge < -0.3 is 0 Å². The van der Waals surface area contributed by atoms with E-state index in [9.17, 15) is 9.18 Å². The molecule has 0 radical (unpaired) electrons. The normalized spacial score (nSPS) is 11.5. The quantitative estimate of drug-likeness (QED) is 0.570. The van der Waals surface area contributed by atoms with Gasteiger partial charge in [0.1, 0.15) is 5.82 Å². The van der Waals surface area contributed by atoms with Crippen molar-refractivity contribution in [1.82, 2.24) is 19.2 Å². The van der Waals surface area contributed by atoms with Crippen LogP contribution < -0.4 is 5.56 Å². The summed E-state index contributed by atoms with van der Waals surface area (Å²) in [5.74, 6) is -0.326. The fourth-order valence-electron chi connectivity index (χ4n) is 2.75. The zero-order valence-corrected chi connectivity index (χ0v) is 14.0. The largest absolute Gasteiger partial charge is 0.273 e. The number of aromatic nitrogens is 4. The van der Waals surface area contributed by atoms with Crippen LogP contribution in [0.2, 0.25) is 0 Å². The topological polar surface area (TPSA) is 52.2 Å². The van der Waals surface area contributed by atoms with Crippen molar-refractivity contribution in [2.24, 2.45) is 0 Å². The van der Waals surface area contributed by atoms with Crippen molar-refractivity contribution in [3.05, 3.63) is 94.0 Å². The summed E-state index contributed by atoms with van der Waals surface area (Å²) in [7, 11) is 0. The van der Waals surface area contributed by atoms with E-state index in [-0.39, 0.29) is 11.4 Å². The minimum atomic E-state index is -0.326. The Morgan fingerprint density at radius 3 is 2.50 bits per heavy atom. The molecule has 4 rings (SSSR count). The molecule has 5 nitrogen and oxygen atoms in total. The lowest BCUT2D eigenvalue weighted by Crippen LogP contribution is -2.19. The third-order valence-electron chi connectivity index (χ3n) is 3.95. The fourth-order valence-corrected chi connectivity index (χ4v) is 2.75. The summed E-state index contributed by atoms with van der Waals surface area (Å²) >= 11 is 0. The summed E-state index contributed by atoms with van der Waals surface area (Å²) in [6, 6.07) is 14.9. The maximum atomic E-state index is 13.1. The second-order valence-corrected chi connectivity index (χ2v) is 5.86. The number of aryl methyl sites for hydroxylation is 1. The van der Waals surface area contributed by atoms with Crippen LogP contribution in [0.25, 0.3) is 23.5 Å². The highest BCUT2D eigenvalue weighted by Gasteiger charge is 2.07. The molecule has 0 saturated carbocycles. The second-order valence-electron chi connectivity index (χ2n) is 5.86. The lowest BCUT2D eigenvalue weighted by molar-refractivity contribution is 0.626. The van der Waals surface area contributed by atoms with E-state index in [0.29, 0.717) is 17.0 Å². The second kappa shape index (κ2) is 6.40. The van der Waals surface area contributed by atoms with Gasteiger partial charge in [0.2, 0.25) is 0 Å². The number of hydrogen-bond donors (Lipinski definition) is 0. The van der Waals surface area contributed by atoms with Crippen molar-refractivity contribution in [3.8, 4) is 5.69 Å². The first kappa shape index (κ1) is 16.0. The minimum Gasteiger partial charge on any atom is -0.267 e. The zero-order chi connectivity index (χ0) is 18.1. The van der Waals surface area contributed by atoms with Crippen LogP contribution in [-0.2, 0) is 0 Å². The number of halogens is 1. The van der Waals surface area contributed by atoms with E-state index in [4.69, 9.17) is 0 Å². The number of nitrogens with zero attached hydrogens (tertiary/aromatic N) is 4. The molecule has 0 N–H and O–H groups in total. The molecule has 6 heteroatoms. The Morgan fingerprint density at radius 2 is 1.73 bits per heavy atom. The Kier molecular flexibility index (Phi) is 3.93. The highest BCUT2D eigenvalue weighted by atomic mass is 19.1. The molecule has 0 saturated heterocycles. The molecule has 0 unspecified atom stereocenters. The average Bonchev–Trinajstić information content (AvgIpc) is 3.05. The lowest BCUT2D eigenvalue weighted by atomic mass is 10.2. The van der Waals surface area contributed by atoms with E-state index in [1.54, 1.807) is 35.2 Å². The summed E-state index contributed by atoms with van der Waals surface area (Å²) in [6.07, 6.45) is 5.31. The highest BCUT2D eigenvalue weighted by Crippen LogP contribution is 2.12. The number of rotatable bonds is 3. The van der Waals surface area contributed by atoms with Crippen LogP contribution in [0.3, 0.4) is 0 Å². The number of hydrogen-bond acceptors (Lipinski definition) is 3. The molecule has 4 aromatic rings. The van der Waals surface area contributed by atoms with Gasteiger partial charge in [-0.25, -0.2) is 9.37 Å². The van der Waals surface area contributed by atoms with Gasteiger partial charge in [-0.2, -0.15) is 4.52 Å². The molecule has 0 amide bonds. The number of benzene rings is 1. The van der Waals surface area contributed by atoms with Crippen LogP contribution in [0.1, 0.15) is 17.1 Å². The smallest absolute Gasteiger partial charge is 0.267 e. The molecule has 3 heterocycles. The Morgan fingerprint density at radius 1 is 0.962 bits per heavy atom. The highest BCUT2D eigenvalue weighted by molar-refractivity contribution is 5.67. The Balaban J connectivity index is 1.74. The van der Waals surface area contributed by atoms with Gasteiger partial charge in [-0.15, -0.1) is 0 Å². The van der Waals surface area contributed by atoms with Gasteiger partial charge in [-0.05, 0) is 55.5 Å². The molecule has 128 valence electrons. The maximum Gasteiger partial charge on any atom is 0.273 e. The molecule has 26 heavy (non-hydrogen) atoms. The van der Waals surface area contributed by atoms with Crippen molar-refractivity contribution in [1.29, 1.82) is 0 Å². The molecule has 0 aliphatic heterocycles. The van der Waals surface area contributed by atoms with Gasteiger partial charge in [0.05, 0.1) is 17.1 Å². The Hall–Kier alpha value is -3.54. The molecule has 0 fully saturated rings. The lowest BCUT2D eigenvalue weighted by Gasteiger charge is -2.06. The van der Waals surface area contributed by atoms with Crippen LogP contribution in [0.5, 0.6) is 0 Å². The van der Waals surface area contributed by atoms with E-state index in [1.165, 1.54) is 22.7 Å². The minimum absolute atomic E-state index is 0.221. The van der Waals surface area contributed by atoms with E-state index in [2.05, 4.69) is 9.97 Å². The van der Waals surface area contributed by atoms with Gasteiger partial charge in [-0.3, -0.25) is 14.5 Å². The van der Waals surface area contributed by atoms with Crippen LogP contribution >= 0.6 is 0 Å². The van der Waals surface area contributed by atoms with E-state index < -0.39 is 0 Å². The summed E-state index contributed by atoms with van der Waals surface area (Å²) in [6.45, 7) is 1.92. The van der Waals surface area contributed by atoms with Gasteiger partial charge in [0.15, 0.2) is 5.65 Å². The predicted molar refractivity (Wildman–Crippen MR) is 98.6 cm³/mol. The molecule has 0 aliphatic carbocycles. The first-order valence-corrected chi connectivity index (χ1v) is 8.09. The first-order valence-electron chi connectivity index (χ1n) is 8.09. The van der Waals surface area contributed by atoms with Gasteiger partial charge >= 0.3 is 0 Å². The standard InChI is InChI=1S/C20H15FN4O/c1-14-3-2-4-16(22-14)7-8-17-13-20(26)25-19(23-17)11-12-24(25)18-9-5-15(21)6-10-18/h2-13H,1H3. The van der Waals surface area contributed by atoms with Crippen LogP contribution in [0.4, 0.5) is 4.39 Å². The molecular formula is C20H15FN4O. The van der Waals surface area contributed by atoms with Gasteiger partial charge in [-0.1, -0.05) is 6.07 Å². The molecular weight excluding hydrogens is 331 g/mol. The van der Waals surface area contributed by atoms with Crippen molar-refractivity contribution in [3.63, 3.8) is 0 Å². The molecule has 0 atom stereocenters. The predicted octanol–water partition coefficient (Wildman–Crippen LogP) is 3.50. The van der Waals surface area contributed by atoms with Gasteiger partial charge in [0.25, 0.3) is 5.56 Å².